The van der Waals surface area contributed by atoms with Crippen LogP contribution >= 0.6 is 0 Å². The van der Waals surface area contributed by atoms with E-state index in [0.29, 0.717) is 6.07 Å². The van der Waals surface area contributed by atoms with Gasteiger partial charge in [-0.25, -0.2) is 5.84 Å². The first-order valence-electron chi connectivity index (χ1n) is 5.78. The van der Waals surface area contributed by atoms with Crippen molar-refractivity contribution in [1.29, 1.82) is 0 Å². The minimum absolute atomic E-state index is 0.0471. The number of amides is 2. The normalized spacial score (nSPS) is 16.0. The minimum atomic E-state index is -4.63. The number of Topliss-reactive ketones (excluding diaryl/α,β-unsaturated/α-hetero) is 1. The van der Waals surface area contributed by atoms with Gasteiger partial charge >= 0.3 is 6.18 Å². The van der Waals surface area contributed by atoms with Crippen LogP contribution in [0.5, 0.6) is 0 Å². The van der Waals surface area contributed by atoms with Crippen molar-refractivity contribution < 1.29 is 27.6 Å². The first-order valence-corrected chi connectivity index (χ1v) is 5.78. The number of benzene rings is 1. The van der Waals surface area contributed by atoms with E-state index in [1.54, 1.807) is 0 Å². The minimum Gasteiger partial charge on any atom is -0.293 e. The van der Waals surface area contributed by atoms with Crippen molar-refractivity contribution >= 4 is 23.3 Å². The molecule has 1 aliphatic rings. The quantitative estimate of drug-likeness (QED) is 0.362. The van der Waals surface area contributed by atoms with Gasteiger partial charge in [-0.3, -0.25) is 24.7 Å². The van der Waals surface area contributed by atoms with Crippen LogP contribution in [0.2, 0.25) is 0 Å². The zero-order chi connectivity index (χ0) is 15.9. The molecule has 0 aliphatic carbocycles. The lowest BCUT2D eigenvalue weighted by Crippen LogP contribution is -2.49. The van der Waals surface area contributed by atoms with E-state index in [1.807, 2.05) is 5.43 Å². The fourth-order valence-corrected chi connectivity index (χ4v) is 2.06. The molecule has 0 aromatic heterocycles. The van der Waals surface area contributed by atoms with Crippen LogP contribution in [0.25, 0.3) is 0 Å². The molecule has 6 nitrogen and oxygen atoms in total. The molecule has 2 rings (SSSR count). The third-order valence-corrected chi connectivity index (χ3v) is 3.15. The highest BCUT2D eigenvalue weighted by molar-refractivity contribution is 6.52. The highest BCUT2D eigenvalue weighted by Gasteiger charge is 2.42. The Labute approximate surface area is 116 Å². The summed E-state index contributed by atoms with van der Waals surface area (Å²) in [4.78, 5) is 35.9. The molecule has 112 valence electrons. The largest absolute Gasteiger partial charge is 0.416 e. The molecule has 3 N–H and O–H groups in total. The Balaban J connectivity index is 2.51. The Kier molecular flexibility index (Phi) is 3.46. The maximum atomic E-state index is 12.6. The van der Waals surface area contributed by atoms with E-state index in [2.05, 4.69) is 0 Å². The molecule has 2 amide bonds. The van der Waals surface area contributed by atoms with Gasteiger partial charge in [-0.15, -0.1) is 0 Å². The molecule has 0 radical (unpaired) electrons. The summed E-state index contributed by atoms with van der Waals surface area (Å²) in [5.74, 6) is 2.05. The van der Waals surface area contributed by atoms with E-state index in [-0.39, 0.29) is 11.3 Å². The molecule has 1 aromatic carbocycles. The lowest BCUT2D eigenvalue weighted by Gasteiger charge is -2.23. The first kappa shape index (κ1) is 15.0. The van der Waals surface area contributed by atoms with Crippen LogP contribution < -0.4 is 16.2 Å². The highest BCUT2D eigenvalue weighted by atomic mass is 19.4. The number of nitrogens with zero attached hydrogens (tertiary/aromatic N) is 1. The maximum absolute atomic E-state index is 12.6. The zero-order valence-corrected chi connectivity index (χ0v) is 10.7. The van der Waals surface area contributed by atoms with E-state index in [9.17, 15) is 27.6 Å². The van der Waals surface area contributed by atoms with Crippen LogP contribution in [0.4, 0.5) is 18.9 Å². The predicted molar refractivity (Wildman–Crippen MR) is 65.1 cm³/mol. The SMILES string of the molecule is CC(C(=O)NN)N1C(=O)C(=O)c2cc(C(F)(F)F)ccc21. The van der Waals surface area contributed by atoms with Crippen molar-refractivity contribution in [3.8, 4) is 0 Å². The summed E-state index contributed by atoms with van der Waals surface area (Å²) in [6.07, 6.45) is -4.63. The van der Waals surface area contributed by atoms with Crippen LogP contribution in [0.3, 0.4) is 0 Å². The molecule has 1 unspecified atom stereocenters. The lowest BCUT2D eigenvalue weighted by molar-refractivity contribution is -0.137. The van der Waals surface area contributed by atoms with Gasteiger partial charge in [0.1, 0.15) is 6.04 Å². The molecule has 21 heavy (non-hydrogen) atoms. The second-order valence-electron chi connectivity index (χ2n) is 4.42. The van der Waals surface area contributed by atoms with Crippen molar-refractivity contribution in [2.45, 2.75) is 19.1 Å². The van der Waals surface area contributed by atoms with Gasteiger partial charge in [0.05, 0.1) is 16.8 Å². The number of anilines is 1. The van der Waals surface area contributed by atoms with Gasteiger partial charge in [0.15, 0.2) is 0 Å². The van der Waals surface area contributed by atoms with Crippen LogP contribution in [-0.2, 0) is 15.8 Å². The fraction of sp³-hybridized carbons (Fsp3) is 0.250. The van der Waals surface area contributed by atoms with E-state index in [1.165, 1.54) is 6.92 Å². The van der Waals surface area contributed by atoms with Gasteiger partial charge < -0.3 is 0 Å². The van der Waals surface area contributed by atoms with E-state index < -0.39 is 35.4 Å². The van der Waals surface area contributed by atoms with Gasteiger partial charge in [0.2, 0.25) is 0 Å². The number of alkyl halides is 3. The molecule has 0 saturated heterocycles. The van der Waals surface area contributed by atoms with Crippen molar-refractivity contribution in [1.82, 2.24) is 5.43 Å². The Bertz CT molecular complexity index is 642. The van der Waals surface area contributed by atoms with E-state index >= 15 is 0 Å². The number of nitrogens with one attached hydrogen (secondary N) is 1. The third kappa shape index (κ3) is 2.35. The Morgan fingerprint density at radius 1 is 1.33 bits per heavy atom. The van der Waals surface area contributed by atoms with E-state index in [4.69, 9.17) is 5.84 Å². The monoisotopic (exact) mass is 301 g/mol. The van der Waals surface area contributed by atoms with Crippen molar-refractivity contribution in [3.63, 3.8) is 0 Å². The fourth-order valence-electron chi connectivity index (χ4n) is 2.06. The molecule has 1 aliphatic heterocycles. The average Bonchev–Trinajstić information content (AvgIpc) is 2.68. The smallest absolute Gasteiger partial charge is 0.293 e. The second-order valence-corrected chi connectivity index (χ2v) is 4.42. The number of rotatable bonds is 2. The highest BCUT2D eigenvalue weighted by Crippen LogP contribution is 2.36. The van der Waals surface area contributed by atoms with Crippen molar-refractivity contribution in [2.75, 3.05) is 4.90 Å². The van der Waals surface area contributed by atoms with Gasteiger partial charge in [-0.2, -0.15) is 13.2 Å². The molecule has 9 heteroatoms. The summed E-state index contributed by atoms with van der Waals surface area (Å²) in [6, 6.07) is 1.21. The zero-order valence-electron chi connectivity index (χ0n) is 10.7. The topological polar surface area (TPSA) is 92.5 Å². The Morgan fingerprint density at radius 2 is 1.95 bits per heavy atom. The van der Waals surface area contributed by atoms with E-state index in [0.717, 1.165) is 17.0 Å². The first-order chi connectivity index (χ1) is 9.68. The summed E-state index contributed by atoms with van der Waals surface area (Å²) in [5, 5.41) is 0. The molecular formula is C12H10F3N3O3. The molecular weight excluding hydrogens is 291 g/mol. The number of hydrazine groups is 1. The number of hydrogen-bond acceptors (Lipinski definition) is 4. The molecule has 0 spiro atoms. The summed E-state index contributed by atoms with van der Waals surface area (Å²) in [5.41, 5.74) is 0.348. The average molecular weight is 301 g/mol. The van der Waals surface area contributed by atoms with Crippen molar-refractivity contribution in [2.24, 2.45) is 5.84 Å². The van der Waals surface area contributed by atoms with Gasteiger partial charge in [-0.05, 0) is 25.1 Å². The van der Waals surface area contributed by atoms with Crippen LogP contribution in [0, 0.1) is 0 Å². The summed E-state index contributed by atoms with van der Waals surface area (Å²) < 4.78 is 37.9. The van der Waals surface area contributed by atoms with Crippen LogP contribution in [-0.4, -0.2) is 23.6 Å². The number of ketones is 1. The summed E-state index contributed by atoms with van der Waals surface area (Å²) in [7, 11) is 0. The van der Waals surface area contributed by atoms with Crippen LogP contribution in [0.15, 0.2) is 18.2 Å². The second kappa shape index (κ2) is 4.85. The Morgan fingerprint density at radius 3 is 2.48 bits per heavy atom. The third-order valence-electron chi connectivity index (χ3n) is 3.15. The molecule has 0 saturated carbocycles. The number of halogens is 3. The van der Waals surface area contributed by atoms with Gasteiger partial charge in [0.25, 0.3) is 17.6 Å². The van der Waals surface area contributed by atoms with Crippen LogP contribution in [0.1, 0.15) is 22.8 Å². The van der Waals surface area contributed by atoms with Gasteiger partial charge in [-0.1, -0.05) is 0 Å². The van der Waals surface area contributed by atoms with Gasteiger partial charge in [0, 0.05) is 0 Å². The molecule has 0 fully saturated rings. The maximum Gasteiger partial charge on any atom is 0.416 e. The number of hydrogen-bond donors (Lipinski definition) is 2. The number of nitrogens with two attached hydrogens (primary N) is 1. The summed E-state index contributed by atoms with van der Waals surface area (Å²) >= 11 is 0. The molecule has 0 bridgehead atoms. The van der Waals surface area contributed by atoms with Crippen molar-refractivity contribution in [3.05, 3.63) is 29.3 Å². The molecule has 1 aromatic rings. The number of carbonyl (C=O) groups excluding carboxylic acids is 3. The molecule has 1 atom stereocenters. The predicted octanol–water partition coefficient (Wildman–Crippen LogP) is 0.613. The Hall–Kier alpha value is -2.42. The summed E-state index contributed by atoms with van der Waals surface area (Å²) in [6.45, 7) is 1.31. The number of fused-ring (bicyclic) bond motifs is 1. The number of carbonyl (C=O) groups is 3. The lowest BCUT2D eigenvalue weighted by atomic mass is 10.1. The standard InChI is InChI=1S/C12H10F3N3O3/c1-5(10(20)17-16)18-8-3-2-6(12(13,14)15)4-7(8)9(19)11(18)21/h2-5H,16H2,1H3,(H,17,20). The molecule has 1 heterocycles.